The van der Waals surface area contributed by atoms with E-state index in [1.54, 1.807) is 0 Å². The molecule has 4 heteroatoms. The Hall–Kier alpha value is -1.32. The van der Waals surface area contributed by atoms with Gasteiger partial charge in [0.25, 0.3) is 0 Å². The Morgan fingerprint density at radius 1 is 1.39 bits per heavy atom. The molecule has 0 unspecified atom stereocenters. The Kier molecular flexibility index (Phi) is 4.04. The molecule has 1 aromatic carbocycles. The van der Waals surface area contributed by atoms with Crippen molar-refractivity contribution in [3.63, 3.8) is 0 Å². The van der Waals surface area contributed by atoms with Crippen molar-refractivity contribution >= 4 is 11.6 Å². The van der Waals surface area contributed by atoms with E-state index in [0.717, 1.165) is 17.1 Å². The quantitative estimate of drug-likeness (QED) is 0.918. The van der Waals surface area contributed by atoms with Crippen molar-refractivity contribution in [1.82, 2.24) is 15.1 Å². The first-order valence-corrected chi connectivity index (χ1v) is 6.42. The minimum atomic E-state index is 0.221. The number of nitrogens with zero attached hydrogens (tertiary/aromatic N) is 2. The van der Waals surface area contributed by atoms with Crippen LogP contribution < -0.4 is 5.32 Å². The fourth-order valence-electron chi connectivity index (χ4n) is 1.92. The van der Waals surface area contributed by atoms with E-state index >= 15 is 0 Å². The maximum Gasteiger partial charge on any atom is 0.0537 e. The highest BCUT2D eigenvalue weighted by molar-refractivity contribution is 6.31. The standard InChI is InChI=1S/C14H18ClN3/c1-10(13-6-4-5-7-14(13)15)16-8-12-9-17-18(3)11(12)2/h4-7,9-10,16H,8H2,1-3H3/t10-/m0/s1. The van der Waals surface area contributed by atoms with Gasteiger partial charge in [-0.25, -0.2) is 0 Å². The molecule has 96 valence electrons. The molecule has 18 heavy (non-hydrogen) atoms. The summed E-state index contributed by atoms with van der Waals surface area (Å²) in [5, 5.41) is 8.51. The first kappa shape index (κ1) is 13.1. The fraction of sp³-hybridized carbons (Fsp3) is 0.357. The smallest absolute Gasteiger partial charge is 0.0537 e. The summed E-state index contributed by atoms with van der Waals surface area (Å²) in [5.41, 5.74) is 3.53. The van der Waals surface area contributed by atoms with Gasteiger partial charge in [0, 0.05) is 35.9 Å². The Balaban J connectivity index is 2.03. The summed E-state index contributed by atoms with van der Waals surface area (Å²) in [6.07, 6.45) is 1.90. The molecule has 0 spiro atoms. The molecule has 0 amide bonds. The van der Waals surface area contributed by atoms with Crippen LogP contribution in [0, 0.1) is 6.92 Å². The van der Waals surface area contributed by atoms with Gasteiger partial charge in [-0.15, -0.1) is 0 Å². The summed E-state index contributed by atoms with van der Waals surface area (Å²) < 4.78 is 1.89. The van der Waals surface area contributed by atoms with Gasteiger partial charge in [-0.05, 0) is 25.5 Å². The molecule has 0 aliphatic carbocycles. The number of rotatable bonds is 4. The molecule has 0 bridgehead atoms. The van der Waals surface area contributed by atoms with Crippen LogP contribution in [0.4, 0.5) is 0 Å². The lowest BCUT2D eigenvalue weighted by Crippen LogP contribution is -2.18. The maximum atomic E-state index is 6.18. The summed E-state index contributed by atoms with van der Waals surface area (Å²) in [4.78, 5) is 0. The van der Waals surface area contributed by atoms with Gasteiger partial charge in [-0.2, -0.15) is 5.10 Å². The van der Waals surface area contributed by atoms with Crippen LogP contribution in [0.25, 0.3) is 0 Å². The van der Waals surface area contributed by atoms with E-state index in [2.05, 4.69) is 30.3 Å². The predicted octanol–water partition coefficient (Wildman–Crippen LogP) is 3.23. The zero-order chi connectivity index (χ0) is 13.1. The van der Waals surface area contributed by atoms with Crippen LogP contribution >= 0.6 is 11.6 Å². The largest absolute Gasteiger partial charge is 0.306 e. The first-order valence-electron chi connectivity index (χ1n) is 6.05. The van der Waals surface area contributed by atoms with Crippen LogP contribution in [0.3, 0.4) is 0 Å². The molecule has 0 saturated carbocycles. The molecular formula is C14H18ClN3. The molecule has 0 radical (unpaired) electrons. The van der Waals surface area contributed by atoms with Crippen LogP contribution in [0.15, 0.2) is 30.5 Å². The van der Waals surface area contributed by atoms with Crippen LogP contribution in [0.2, 0.25) is 5.02 Å². The van der Waals surface area contributed by atoms with E-state index in [4.69, 9.17) is 11.6 Å². The second kappa shape index (κ2) is 5.55. The van der Waals surface area contributed by atoms with E-state index in [0.29, 0.717) is 0 Å². The van der Waals surface area contributed by atoms with E-state index < -0.39 is 0 Å². The topological polar surface area (TPSA) is 29.9 Å². The van der Waals surface area contributed by atoms with Gasteiger partial charge >= 0.3 is 0 Å². The minimum Gasteiger partial charge on any atom is -0.306 e. The van der Waals surface area contributed by atoms with Gasteiger partial charge in [0.15, 0.2) is 0 Å². The number of nitrogens with one attached hydrogen (secondary N) is 1. The average Bonchev–Trinajstić information content (AvgIpc) is 2.68. The van der Waals surface area contributed by atoms with Crippen molar-refractivity contribution in [3.8, 4) is 0 Å². The lowest BCUT2D eigenvalue weighted by Gasteiger charge is -2.15. The molecule has 1 aromatic heterocycles. The second-order valence-electron chi connectivity index (χ2n) is 4.50. The van der Waals surface area contributed by atoms with Crippen LogP contribution in [-0.2, 0) is 13.6 Å². The van der Waals surface area contributed by atoms with E-state index in [1.165, 1.54) is 11.3 Å². The molecule has 0 saturated heterocycles. The third kappa shape index (κ3) is 2.74. The monoisotopic (exact) mass is 263 g/mol. The molecule has 0 fully saturated rings. The van der Waals surface area contributed by atoms with Crippen molar-refractivity contribution in [1.29, 1.82) is 0 Å². The number of halogens is 1. The maximum absolute atomic E-state index is 6.18. The zero-order valence-electron chi connectivity index (χ0n) is 10.9. The molecule has 1 N–H and O–H groups in total. The van der Waals surface area contributed by atoms with E-state index in [-0.39, 0.29) is 6.04 Å². The molecule has 1 atom stereocenters. The highest BCUT2D eigenvalue weighted by Crippen LogP contribution is 2.22. The average molecular weight is 264 g/mol. The van der Waals surface area contributed by atoms with Crippen LogP contribution in [0.1, 0.15) is 29.8 Å². The Bertz CT molecular complexity index is 534. The highest BCUT2D eigenvalue weighted by atomic mass is 35.5. The Labute approximate surface area is 113 Å². The summed E-state index contributed by atoms with van der Waals surface area (Å²) in [6.45, 7) is 4.99. The second-order valence-corrected chi connectivity index (χ2v) is 4.91. The number of hydrogen-bond acceptors (Lipinski definition) is 2. The third-order valence-electron chi connectivity index (χ3n) is 3.31. The van der Waals surface area contributed by atoms with Gasteiger partial charge in [0.1, 0.15) is 0 Å². The Morgan fingerprint density at radius 3 is 2.72 bits per heavy atom. The number of aryl methyl sites for hydroxylation is 1. The summed E-state index contributed by atoms with van der Waals surface area (Å²) in [5.74, 6) is 0. The van der Waals surface area contributed by atoms with Gasteiger partial charge in [0.2, 0.25) is 0 Å². The van der Waals surface area contributed by atoms with Crippen LogP contribution in [0.5, 0.6) is 0 Å². The zero-order valence-corrected chi connectivity index (χ0v) is 11.7. The number of hydrogen-bond donors (Lipinski definition) is 1. The first-order chi connectivity index (χ1) is 8.59. The third-order valence-corrected chi connectivity index (χ3v) is 3.65. The lowest BCUT2D eigenvalue weighted by atomic mass is 10.1. The molecule has 0 aliphatic heterocycles. The van der Waals surface area contributed by atoms with Gasteiger partial charge in [0.05, 0.1) is 6.20 Å². The molecule has 3 nitrogen and oxygen atoms in total. The highest BCUT2D eigenvalue weighted by Gasteiger charge is 2.10. The summed E-state index contributed by atoms with van der Waals surface area (Å²) in [7, 11) is 1.95. The summed E-state index contributed by atoms with van der Waals surface area (Å²) in [6, 6.07) is 8.15. The Morgan fingerprint density at radius 2 is 2.11 bits per heavy atom. The van der Waals surface area contributed by atoms with E-state index in [1.807, 2.05) is 36.1 Å². The minimum absolute atomic E-state index is 0.221. The summed E-state index contributed by atoms with van der Waals surface area (Å²) >= 11 is 6.18. The molecule has 1 heterocycles. The van der Waals surface area contributed by atoms with Crippen molar-refractivity contribution in [2.75, 3.05) is 0 Å². The molecular weight excluding hydrogens is 246 g/mol. The molecule has 2 aromatic rings. The van der Waals surface area contributed by atoms with Gasteiger partial charge in [-0.3, -0.25) is 4.68 Å². The van der Waals surface area contributed by atoms with E-state index in [9.17, 15) is 0 Å². The molecule has 0 aliphatic rings. The SMILES string of the molecule is Cc1c(CN[C@@H](C)c2ccccc2Cl)cnn1C. The molecule has 2 rings (SSSR count). The fourth-order valence-corrected chi connectivity index (χ4v) is 2.22. The van der Waals surface area contributed by atoms with Crippen molar-refractivity contribution in [3.05, 3.63) is 52.3 Å². The van der Waals surface area contributed by atoms with Crippen molar-refractivity contribution < 1.29 is 0 Å². The van der Waals surface area contributed by atoms with Crippen molar-refractivity contribution in [2.24, 2.45) is 7.05 Å². The lowest BCUT2D eigenvalue weighted by molar-refractivity contribution is 0.572. The predicted molar refractivity (Wildman–Crippen MR) is 74.7 cm³/mol. The van der Waals surface area contributed by atoms with Gasteiger partial charge in [-0.1, -0.05) is 29.8 Å². The van der Waals surface area contributed by atoms with Crippen molar-refractivity contribution in [2.45, 2.75) is 26.4 Å². The van der Waals surface area contributed by atoms with Crippen LogP contribution in [-0.4, -0.2) is 9.78 Å². The normalized spacial score (nSPS) is 12.7. The number of benzene rings is 1. The number of aromatic nitrogens is 2. The van der Waals surface area contributed by atoms with Gasteiger partial charge < -0.3 is 5.32 Å².